The number of carbonyl (C=O) groups excluding carboxylic acids is 1. The maximum Gasteiger partial charge on any atom is 0.280 e. The van der Waals surface area contributed by atoms with E-state index in [1.165, 1.54) is 17.5 Å². The number of para-hydroxylation sites is 3. The Balaban J connectivity index is 1.60. The summed E-state index contributed by atoms with van der Waals surface area (Å²) in [6.07, 6.45) is 1.52. The Labute approximate surface area is 181 Å². The SMILES string of the molecule is O=C(c1cnc2ccccc2n1)N(Cc1ccccc1)c1nc2c(Cl)cccc2s1. The molecule has 5 rings (SSSR count). The van der Waals surface area contributed by atoms with Crippen molar-refractivity contribution in [2.75, 3.05) is 4.90 Å². The van der Waals surface area contributed by atoms with Crippen LogP contribution in [-0.2, 0) is 6.54 Å². The van der Waals surface area contributed by atoms with E-state index in [-0.39, 0.29) is 11.6 Å². The first-order valence-electron chi connectivity index (χ1n) is 9.32. The number of amides is 1. The summed E-state index contributed by atoms with van der Waals surface area (Å²) in [6, 6.07) is 22.9. The van der Waals surface area contributed by atoms with E-state index in [0.717, 1.165) is 15.8 Å². The zero-order valence-electron chi connectivity index (χ0n) is 15.7. The number of rotatable bonds is 4. The molecular weight excluding hydrogens is 416 g/mol. The highest BCUT2D eigenvalue weighted by Gasteiger charge is 2.24. The second kappa shape index (κ2) is 7.82. The van der Waals surface area contributed by atoms with Gasteiger partial charge in [0, 0.05) is 0 Å². The van der Waals surface area contributed by atoms with Crippen LogP contribution in [0.25, 0.3) is 21.3 Å². The molecule has 7 heteroatoms. The first-order valence-corrected chi connectivity index (χ1v) is 10.5. The molecule has 3 aromatic carbocycles. The highest BCUT2D eigenvalue weighted by Crippen LogP contribution is 2.34. The molecule has 0 atom stereocenters. The smallest absolute Gasteiger partial charge is 0.278 e. The first-order chi connectivity index (χ1) is 14.7. The molecule has 0 bridgehead atoms. The van der Waals surface area contributed by atoms with Gasteiger partial charge in [-0.2, -0.15) is 0 Å². The summed E-state index contributed by atoms with van der Waals surface area (Å²) in [5, 5.41) is 1.13. The van der Waals surface area contributed by atoms with Gasteiger partial charge in [-0.1, -0.05) is 71.5 Å². The quantitative estimate of drug-likeness (QED) is 0.364. The normalized spacial score (nSPS) is 11.1. The summed E-state index contributed by atoms with van der Waals surface area (Å²) in [5.74, 6) is -0.257. The van der Waals surface area contributed by atoms with Gasteiger partial charge in [-0.15, -0.1) is 0 Å². The fourth-order valence-electron chi connectivity index (χ4n) is 3.21. The summed E-state index contributed by atoms with van der Waals surface area (Å²) in [6.45, 7) is 0.367. The fourth-order valence-corrected chi connectivity index (χ4v) is 4.47. The lowest BCUT2D eigenvalue weighted by atomic mass is 10.2. The molecule has 0 fully saturated rings. The van der Waals surface area contributed by atoms with Gasteiger partial charge in [0.15, 0.2) is 5.13 Å². The van der Waals surface area contributed by atoms with Crippen molar-refractivity contribution in [1.29, 1.82) is 0 Å². The summed E-state index contributed by atoms with van der Waals surface area (Å²) in [5.41, 5.74) is 3.38. The molecule has 0 aliphatic rings. The molecule has 2 aromatic heterocycles. The number of nitrogens with zero attached hydrogens (tertiary/aromatic N) is 4. The highest BCUT2D eigenvalue weighted by atomic mass is 35.5. The van der Waals surface area contributed by atoms with E-state index >= 15 is 0 Å². The minimum absolute atomic E-state index is 0.257. The summed E-state index contributed by atoms with van der Waals surface area (Å²) in [7, 11) is 0. The summed E-state index contributed by atoms with van der Waals surface area (Å²) >= 11 is 7.74. The van der Waals surface area contributed by atoms with Gasteiger partial charge in [-0.3, -0.25) is 14.7 Å². The van der Waals surface area contributed by atoms with Crippen LogP contribution in [0.15, 0.2) is 79.0 Å². The van der Waals surface area contributed by atoms with Crippen molar-refractivity contribution in [3.8, 4) is 0 Å². The van der Waals surface area contributed by atoms with E-state index in [0.29, 0.717) is 27.7 Å². The molecular formula is C23H15ClN4OS. The van der Waals surface area contributed by atoms with Crippen molar-refractivity contribution in [2.45, 2.75) is 6.54 Å². The number of hydrogen-bond donors (Lipinski definition) is 0. The Morgan fingerprint density at radius 3 is 2.47 bits per heavy atom. The number of aromatic nitrogens is 3. The van der Waals surface area contributed by atoms with Crippen LogP contribution in [0.4, 0.5) is 5.13 Å². The summed E-state index contributed by atoms with van der Waals surface area (Å²) in [4.78, 5) is 28.7. The van der Waals surface area contributed by atoms with E-state index < -0.39 is 0 Å². The zero-order valence-corrected chi connectivity index (χ0v) is 17.3. The Hall–Kier alpha value is -3.35. The largest absolute Gasteiger partial charge is 0.280 e. The van der Waals surface area contributed by atoms with E-state index in [9.17, 15) is 4.79 Å². The molecule has 0 radical (unpaired) electrons. The number of benzene rings is 3. The van der Waals surface area contributed by atoms with Crippen molar-refractivity contribution >= 4 is 55.2 Å². The Morgan fingerprint density at radius 1 is 0.900 bits per heavy atom. The maximum atomic E-state index is 13.5. The summed E-state index contributed by atoms with van der Waals surface area (Å²) < 4.78 is 0.924. The lowest BCUT2D eigenvalue weighted by Crippen LogP contribution is -2.31. The molecule has 0 aliphatic heterocycles. The van der Waals surface area contributed by atoms with Crippen molar-refractivity contribution in [3.63, 3.8) is 0 Å². The molecule has 0 unspecified atom stereocenters. The second-order valence-corrected chi connectivity index (χ2v) is 8.12. The van der Waals surface area contributed by atoms with E-state index in [2.05, 4.69) is 15.0 Å². The molecule has 30 heavy (non-hydrogen) atoms. The van der Waals surface area contributed by atoms with Gasteiger partial charge in [-0.05, 0) is 29.8 Å². The number of halogens is 1. The molecule has 0 saturated carbocycles. The van der Waals surface area contributed by atoms with Crippen LogP contribution >= 0.6 is 22.9 Å². The van der Waals surface area contributed by atoms with Crippen LogP contribution in [0, 0.1) is 0 Å². The lowest BCUT2D eigenvalue weighted by Gasteiger charge is -2.19. The number of thiazole rings is 1. The van der Waals surface area contributed by atoms with Crippen LogP contribution in [0.1, 0.15) is 16.1 Å². The van der Waals surface area contributed by atoms with Crippen LogP contribution in [0.5, 0.6) is 0 Å². The molecule has 0 saturated heterocycles. The van der Waals surface area contributed by atoms with Gasteiger partial charge in [0.05, 0.1) is 33.5 Å². The number of fused-ring (bicyclic) bond motifs is 2. The van der Waals surface area contributed by atoms with Crippen molar-refractivity contribution in [2.24, 2.45) is 0 Å². The van der Waals surface area contributed by atoms with Gasteiger partial charge in [0.25, 0.3) is 5.91 Å². The third-order valence-electron chi connectivity index (χ3n) is 4.69. The Bertz CT molecular complexity index is 1370. The Morgan fingerprint density at radius 2 is 1.67 bits per heavy atom. The molecule has 146 valence electrons. The number of anilines is 1. The average molecular weight is 431 g/mol. The van der Waals surface area contributed by atoms with E-state index in [1.807, 2.05) is 66.7 Å². The fraction of sp³-hybridized carbons (Fsp3) is 0.0435. The van der Waals surface area contributed by atoms with Gasteiger partial charge in [0.2, 0.25) is 0 Å². The highest BCUT2D eigenvalue weighted by molar-refractivity contribution is 7.22. The standard InChI is InChI=1S/C23H15ClN4OS/c24-16-9-6-12-20-21(16)27-23(30-20)28(14-15-7-2-1-3-8-15)22(29)19-13-25-17-10-4-5-11-18(17)26-19/h1-13H,14H2. The van der Waals surface area contributed by atoms with Crippen molar-refractivity contribution in [3.05, 3.63) is 95.3 Å². The van der Waals surface area contributed by atoms with E-state index in [1.54, 1.807) is 11.0 Å². The monoisotopic (exact) mass is 430 g/mol. The maximum absolute atomic E-state index is 13.5. The third kappa shape index (κ3) is 3.51. The Kier molecular flexibility index (Phi) is 4.86. The predicted molar refractivity (Wildman–Crippen MR) is 121 cm³/mol. The number of hydrogen-bond acceptors (Lipinski definition) is 5. The van der Waals surface area contributed by atoms with Gasteiger partial charge >= 0.3 is 0 Å². The van der Waals surface area contributed by atoms with Crippen LogP contribution < -0.4 is 4.90 Å². The molecule has 0 aliphatic carbocycles. The van der Waals surface area contributed by atoms with Gasteiger partial charge in [-0.25, -0.2) is 9.97 Å². The predicted octanol–water partition coefficient (Wildman–Crippen LogP) is 5.74. The molecule has 0 spiro atoms. The molecule has 2 heterocycles. The number of carbonyl (C=O) groups is 1. The van der Waals surface area contributed by atoms with Crippen molar-refractivity contribution in [1.82, 2.24) is 15.0 Å². The van der Waals surface area contributed by atoms with Gasteiger partial charge < -0.3 is 0 Å². The topological polar surface area (TPSA) is 59.0 Å². The second-order valence-electron chi connectivity index (χ2n) is 6.70. The minimum Gasteiger partial charge on any atom is -0.278 e. The third-order valence-corrected chi connectivity index (χ3v) is 6.03. The van der Waals surface area contributed by atoms with Crippen molar-refractivity contribution < 1.29 is 4.79 Å². The molecule has 1 amide bonds. The van der Waals surface area contributed by atoms with Crippen LogP contribution in [0.2, 0.25) is 5.02 Å². The van der Waals surface area contributed by atoms with Gasteiger partial charge in [0.1, 0.15) is 11.2 Å². The molecule has 0 N–H and O–H groups in total. The average Bonchev–Trinajstić information content (AvgIpc) is 3.23. The van der Waals surface area contributed by atoms with E-state index in [4.69, 9.17) is 11.6 Å². The zero-order chi connectivity index (χ0) is 20.5. The molecule has 5 aromatic rings. The lowest BCUT2D eigenvalue weighted by molar-refractivity contribution is 0.0980. The van der Waals surface area contributed by atoms with Crippen LogP contribution in [-0.4, -0.2) is 20.9 Å². The molecule has 5 nitrogen and oxygen atoms in total. The first kappa shape index (κ1) is 18.7. The minimum atomic E-state index is -0.257. The van der Waals surface area contributed by atoms with Crippen LogP contribution in [0.3, 0.4) is 0 Å².